The van der Waals surface area contributed by atoms with Crippen LogP contribution in [0, 0.1) is 11.7 Å². The molecule has 31 heavy (non-hydrogen) atoms. The fraction of sp³-hybridized carbons (Fsp3) is 0.391. The molecular formula is C23H28ClFN6. The second kappa shape index (κ2) is 9.24. The summed E-state index contributed by atoms with van der Waals surface area (Å²) in [6.07, 6.45) is 8.24. The lowest BCUT2D eigenvalue weighted by atomic mass is 10.0. The number of hydrogen-bond acceptors (Lipinski definition) is 4. The topological polar surface area (TPSA) is 70.9 Å². The molecule has 0 amide bonds. The van der Waals surface area contributed by atoms with Gasteiger partial charge in [0.25, 0.3) is 0 Å². The van der Waals surface area contributed by atoms with Gasteiger partial charge in [-0.05, 0) is 76.5 Å². The Morgan fingerprint density at radius 2 is 2.19 bits per heavy atom. The monoisotopic (exact) mass is 442 g/mol. The number of aromatic nitrogens is 2. The number of aliphatic imine (C=N–C) groups is 1. The first-order valence-electron chi connectivity index (χ1n) is 10.6. The Bertz CT molecular complexity index is 1090. The van der Waals surface area contributed by atoms with Gasteiger partial charge < -0.3 is 16.0 Å². The summed E-state index contributed by atoms with van der Waals surface area (Å²) in [6, 6.07) is 8.35. The minimum Gasteiger partial charge on any atom is -0.383 e. The van der Waals surface area contributed by atoms with Crippen LogP contribution in [0.3, 0.4) is 0 Å². The van der Waals surface area contributed by atoms with Crippen molar-refractivity contribution in [2.24, 2.45) is 16.6 Å². The molecule has 6 nitrogen and oxygen atoms in total. The molecule has 8 heteroatoms. The largest absolute Gasteiger partial charge is 0.383 e. The van der Waals surface area contributed by atoms with Crippen LogP contribution in [-0.4, -0.2) is 47.0 Å². The number of nitrogens with one attached hydrogen (secondary N) is 1. The molecule has 164 valence electrons. The lowest BCUT2D eigenvalue weighted by Gasteiger charge is -2.19. The number of amidine groups is 1. The van der Waals surface area contributed by atoms with Crippen LogP contribution in [-0.2, 0) is 0 Å². The predicted molar refractivity (Wildman–Crippen MR) is 125 cm³/mol. The zero-order valence-corrected chi connectivity index (χ0v) is 18.6. The fourth-order valence-corrected chi connectivity index (χ4v) is 4.37. The van der Waals surface area contributed by atoms with Gasteiger partial charge in [-0.25, -0.2) is 13.9 Å². The molecule has 0 saturated heterocycles. The third-order valence-corrected chi connectivity index (χ3v) is 6.18. The molecule has 2 heterocycles. The molecule has 2 atom stereocenters. The molecule has 0 radical (unpaired) electrons. The average Bonchev–Trinajstić information content (AvgIpc) is 3.38. The van der Waals surface area contributed by atoms with E-state index in [2.05, 4.69) is 34.4 Å². The van der Waals surface area contributed by atoms with Crippen molar-refractivity contribution in [1.82, 2.24) is 14.5 Å². The standard InChI is InChI=1S/C23H28ClFN6/c1-30(2)11-9-15-5-7-17(12-15)28-22-18(14-27-31-10-3-4-21(22)31)23(26)29-20-13-16(25)6-8-19(20)24/h3-4,6,8,10,13-15,17,28H,5,7,9,11-12H2,1-2H3,(H2,26,29). The van der Waals surface area contributed by atoms with E-state index in [-0.39, 0.29) is 5.84 Å². The summed E-state index contributed by atoms with van der Waals surface area (Å²) in [4.78, 5) is 6.64. The van der Waals surface area contributed by atoms with Crippen molar-refractivity contribution in [3.05, 3.63) is 59.1 Å². The molecule has 0 spiro atoms. The first-order valence-corrected chi connectivity index (χ1v) is 11.0. The SMILES string of the molecule is CN(C)CCC1CCC(Nc2c(/C(N)=N/c3cc(F)ccc3Cl)cnn3cccc23)C1. The molecule has 4 rings (SSSR count). The van der Waals surface area contributed by atoms with Gasteiger partial charge in [-0.1, -0.05) is 11.6 Å². The number of rotatable bonds is 7. The number of nitrogens with two attached hydrogens (primary N) is 1. The second-order valence-electron chi connectivity index (χ2n) is 8.48. The van der Waals surface area contributed by atoms with E-state index in [0.717, 1.165) is 30.6 Å². The summed E-state index contributed by atoms with van der Waals surface area (Å²) in [5.74, 6) is 0.544. The smallest absolute Gasteiger partial charge is 0.135 e. The quantitative estimate of drug-likeness (QED) is 0.411. The van der Waals surface area contributed by atoms with Crippen molar-refractivity contribution in [3.8, 4) is 0 Å². The van der Waals surface area contributed by atoms with Gasteiger partial charge in [0.15, 0.2) is 0 Å². The van der Waals surface area contributed by atoms with E-state index in [1.54, 1.807) is 6.20 Å². The summed E-state index contributed by atoms with van der Waals surface area (Å²) >= 11 is 6.18. The number of hydrogen-bond donors (Lipinski definition) is 2. The molecule has 0 aliphatic heterocycles. The van der Waals surface area contributed by atoms with Crippen molar-refractivity contribution in [2.45, 2.75) is 31.7 Å². The van der Waals surface area contributed by atoms with Gasteiger partial charge in [0.1, 0.15) is 11.7 Å². The highest BCUT2D eigenvalue weighted by Crippen LogP contribution is 2.33. The van der Waals surface area contributed by atoms with Crippen molar-refractivity contribution < 1.29 is 4.39 Å². The summed E-state index contributed by atoms with van der Waals surface area (Å²) in [5.41, 5.74) is 9.17. The maximum Gasteiger partial charge on any atom is 0.135 e. The first-order chi connectivity index (χ1) is 14.9. The molecule has 3 aromatic rings. The highest BCUT2D eigenvalue weighted by Gasteiger charge is 2.26. The van der Waals surface area contributed by atoms with Crippen LogP contribution in [0.5, 0.6) is 0 Å². The Kier molecular flexibility index (Phi) is 6.43. The van der Waals surface area contributed by atoms with Crippen LogP contribution in [0.25, 0.3) is 5.52 Å². The molecule has 1 aliphatic rings. The highest BCUT2D eigenvalue weighted by molar-refractivity contribution is 6.33. The molecule has 1 aliphatic carbocycles. The third kappa shape index (κ3) is 4.99. The van der Waals surface area contributed by atoms with Crippen LogP contribution in [0.15, 0.2) is 47.7 Å². The molecule has 3 N–H and O–H groups in total. The number of anilines is 1. The van der Waals surface area contributed by atoms with Crippen LogP contribution in [0.4, 0.5) is 15.8 Å². The normalized spacial score (nSPS) is 19.5. The maximum absolute atomic E-state index is 13.7. The van der Waals surface area contributed by atoms with Crippen LogP contribution in [0.2, 0.25) is 5.02 Å². The molecule has 1 aromatic carbocycles. The van der Waals surface area contributed by atoms with Crippen LogP contribution in [0.1, 0.15) is 31.2 Å². The number of fused-ring (bicyclic) bond motifs is 1. The van der Waals surface area contributed by atoms with Gasteiger partial charge in [0, 0.05) is 18.3 Å². The van der Waals surface area contributed by atoms with Crippen molar-refractivity contribution in [2.75, 3.05) is 26.0 Å². The summed E-state index contributed by atoms with van der Waals surface area (Å²) in [7, 11) is 4.23. The van der Waals surface area contributed by atoms with Crippen molar-refractivity contribution in [3.63, 3.8) is 0 Å². The number of nitrogens with zero attached hydrogens (tertiary/aromatic N) is 4. The highest BCUT2D eigenvalue weighted by atomic mass is 35.5. The van der Waals surface area contributed by atoms with Crippen LogP contribution >= 0.6 is 11.6 Å². The molecule has 0 bridgehead atoms. The van der Waals surface area contributed by atoms with Gasteiger partial charge in [-0.2, -0.15) is 5.10 Å². The van der Waals surface area contributed by atoms with E-state index in [1.807, 2.05) is 22.8 Å². The Morgan fingerprint density at radius 3 is 3.00 bits per heavy atom. The predicted octanol–water partition coefficient (Wildman–Crippen LogP) is 4.70. The van der Waals surface area contributed by atoms with Gasteiger partial charge in [0.2, 0.25) is 0 Å². The lowest BCUT2D eigenvalue weighted by molar-refractivity contribution is 0.351. The maximum atomic E-state index is 13.7. The van der Waals surface area contributed by atoms with E-state index in [9.17, 15) is 4.39 Å². The van der Waals surface area contributed by atoms with Gasteiger partial charge in [-0.3, -0.25) is 0 Å². The minimum absolute atomic E-state index is 0.244. The van der Waals surface area contributed by atoms with Gasteiger partial charge in [-0.15, -0.1) is 0 Å². The summed E-state index contributed by atoms with van der Waals surface area (Å²) < 4.78 is 15.5. The lowest BCUT2D eigenvalue weighted by Crippen LogP contribution is -2.22. The summed E-state index contributed by atoms with van der Waals surface area (Å²) in [6.45, 7) is 1.11. The van der Waals surface area contributed by atoms with E-state index in [4.69, 9.17) is 17.3 Å². The van der Waals surface area contributed by atoms with Gasteiger partial charge in [0.05, 0.1) is 33.7 Å². The van der Waals surface area contributed by atoms with E-state index < -0.39 is 5.82 Å². The number of halogens is 2. The fourth-order valence-electron chi connectivity index (χ4n) is 4.21. The Labute approximate surface area is 186 Å². The Morgan fingerprint density at radius 1 is 1.35 bits per heavy atom. The Hall–Kier alpha value is -2.64. The summed E-state index contributed by atoms with van der Waals surface area (Å²) in [5, 5.41) is 8.50. The first kappa shape index (κ1) is 21.6. The molecule has 1 fully saturated rings. The van der Waals surface area contributed by atoms with E-state index >= 15 is 0 Å². The van der Waals surface area contributed by atoms with Crippen molar-refractivity contribution in [1.29, 1.82) is 0 Å². The zero-order chi connectivity index (χ0) is 22.0. The number of benzene rings is 1. The van der Waals surface area contributed by atoms with Gasteiger partial charge >= 0.3 is 0 Å². The van der Waals surface area contributed by atoms with Crippen molar-refractivity contribution >= 4 is 34.3 Å². The second-order valence-corrected chi connectivity index (χ2v) is 8.88. The molecule has 1 saturated carbocycles. The Balaban J connectivity index is 1.62. The third-order valence-electron chi connectivity index (χ3n) is 5.86. The van der Waals surface area contributed by atoms with Crippen LogP contribution < -0.4 is 11.1 Å². The molecular weight excluding hydrogens is 415 g/mol. The van der Waals surface area contributed by atoms with E-state index in [0.29, 0.717) is 28.2 Å². The molecule has 2 unspecified atom stereocenters. The van der Waals surface area contributed by atoms with E-state index in [1.165, 1.54) is 31.0 Å². The average molecular weight is 443 g/mol. The molecule has 2 aromatic heterocycles. The minimum atomic E-state index is -0.413. The zero-order valence-electron chi connectivity index (χ0n) is 17.9.